The molecule has 0 aromatic heterocycles. The second kappa shape index (κ2) is 12.0. The van der Waals surface area contributed by atoms with E-state index < -0.39 is 0 Å². The summed E-state index contributed by atoms with van der Waals surface area (Å²) in [6.07, 6.45) is 4.73. The van der Waals surface area contributed by atoms with E-state index in [-0.39, 0.29) is 24.5 Å². The number of unbranched alkanes of at least 4 members (excludes halogenated alkanes) is 3. The maximum Gasteiger partial charge on any atom is 0.246 e. The van der Waals surface area contributed by atoms with Crippen LogP contribution in [-0.4, -0.2) is 37.6 Å². The van der Waals surface area contributed by atoms with E-state index in [1.54, 1.807) is 0 Å². The second-order valence-electron chi connectivity index (χ2n) is 4.83. The number of hydrogen-bond donors (Lipinski definition) is 2. The van der Waals surface area contributed by atoms with Gasteiger partial charge in [0.2, 0.25) is 11.8 Å². The first-order chi connectivity index (χ1) is 9.06. The quantitative estimate of drug-likeness (QED) is 0.562. The third kappa shape index (κ3) is 13.1. The summed E-state index contributed by atoms with van der Waals surface area (Å²) in [5.74, 6) is 0.0568. The van der Waals surface area contributed by atoms with Gasteiger partial charge in [-0.15, -0.1) is 0 Å². The molecule has 0 atom stereocenters. The van der Waals surface area contributed by atoms with Crippen molar-refractivity contribution in [2.45, 2.75) is 59.0 Å². The van der Waals surface area contributed by atoms with Gasteiger partial charge < -0.3 is 15.4 Å². The van der Waals surface area contributed by atoms with E-state index in [2.05, 4.69) is 10.6 Å². The maximum atomic E-state index is 11.3. The third-order valence-corrected chi connectivity index (χ3v) is 2.62. The molecule has 5 nitrogen and oxygen atoms in total. The van der Waals surface area contributed by atoms with Crippen LogP contribution >= 0.6 is 0 Å². The molecule has 0 unspecified atom stereocenters. The lowest BCUT2D eigenvalue weighted by Gasteiger charge is -2.08. The molecular formula is C14H28N2O3. The van der Waals surface area contributed by atoms with Gasteiger partial charge in [-0.25, -0.2) is 0 Å². The minimum Gasteiger partial charge on any atom is -0.369 e. The van der Waals surface area contributed by atoms with Gasteiger partial charge in [-0.1, -0.05) is 19.8 Å². The molecule has 0 rings (SSSR count). The Bertz CT molecular complexity index is 255. The average Bonchev–Trinajstić information content (AvgIpc) is 2.38. The van der Waals surface area contributed by atoms with E-state index in [0.29, 0.717) is 13.0 Å². The number of amides is 2. The van der Waals surface area contributed by atoms with Gasteiger partial charge in [-0.05, 0) is 26.7 Å². The van der Waals surface area contributed by atoms with Crippen molar-refractivity contribution in [1.29, 1.82) is 0 Å². The van der Waals surface area contributed by atoms with Crippen LogP contribution in [0.4, 0.5) is 0 Å². The highest BCUT2D eigenvalue weighted by atomic mass is 16.5. The summed E-state index contributed by atoms with van der Waals surface area (Å²) in [6, 6.07) is 0. The highest BCUT2D eigenvalue weighted by molar-refractivity contribution is 5.77. The lowest BCUT2D eigenvalue weighted by atomic mass is 10.2. The number of ether oxygens (including phenoxy) is 1. The van der Waals surface area contributed by atoms with Gasteiger partial charge in [-0.2, -0.15) is 0 Å². The van der Waals surface area contributed by atoms with Crippen LogP contribution in [0, 0.1) is 0 Å². The Balaban J connectivity index is 3.22. The van der Waals surface area contributed by atoms with Crippen molar-refractivity contribution in [3.63, 3.8) is 0 Å². The SMILES string of the molecule is CCC(=O)NCCCCCCNC(=O)COC(C)C. The third-order valence-electron chi connectivity index (χ3n) is 2.62. The molecule has 0 heterocycles. The smallest absolute Gasteiger partial charge is 0.246 e. The minimum atomic E-state index is -0.0519. The first kappa shape index (κ1) is 17.9. The van der Waals surface area contributed by atoms with Crippen LogP contribution in [0.15, 0.2) is 0 Å². The number of carbonyl (C=O) groups excluding carboxylic acids is 2. The van der Waals surface area contributed by atoms with E-state index in [4.69, 9.17) is 4.74 Å². The lowest BCUT2D eigenvalue weighted by Crippen LogP contribution is -2.29. The van der Waals surface area contributed by atoms with Crippen LogP contribution in [0.3, 0.4) is 0 Å². The Hall–Kier alpha value is -1.10. The predicted octanol–water partition coefficient (Wildman–Crippen LogP) is 1.61. The van der Waals surface area contributed by atoms with Crippen molar-refractivity contribution < 1.29 is 14.3 Å². The van der Waals surface area contributed by atoms with Gasteiger partial charge in [0.05, 0.1) is 6.10 Å². The van der Waals surface area contributed by atoms with Crippen LogP contribution in [0.25, 0.3) is 0 Å². The summed E-state index contributed by atoms with van der Waals surface area (Å²) in [5, 5.41) is 5.67. The van der Waals surface area contributed by atoms with Crippen molar-refractivity contribution in [2.75, 3.05) is 19.7 Å². The molecule has 0 aliphatic heterocycles. The molecular weight excluding hydrogens is 244 g/mol. The number of carbonyl (C=O) groups is 2. The molecule has 0 aromatic carbocycles. The van der Waals surface area contributed by atoms with Crippen LogP contribution < -0.4 is 10.6 Å². The fraction of sp³-hybridized carbons (Fsp3) is 0.857. The van der Waals surface area contributed by atoms with Crippen LogP contribution in [0.2, 0.25) is 0 Å². The van der Waals surface area contributed by atoms with Gasteiger partial charge in [0.15, 0.2) is 0 Å². The summed E-state index contributed by atoms with van der Waals surface area (Å²) in [7, 11) is 0. The molecule has 0 spiro atoms. The molecule has 19 heavy (non-hydrogen) atoms. The van der Waals surface area contributed by atoms with Gasteiger partial charge in [0, 0.05) is 19.5 Å². The molecule has 0 aliphatic carbocycles. The lowest BCUT2D eigenvalue weighted by molar-refractivity contribution is -0.127. The molecule has 5 heteroatoms. The van der Waals surface area contributed by atoms with Crippen molar-refractivity contribution in [2.24, 2.45) is 0 Å². The highest BCUT2D eigenvalue weighted by Crippen LogP contribution is 1.98. The van der Waals surface area contributed by atoms with Crippen molar-refractivity contribution in [3.05, 3.63) is 0 Å². The zero-order valence-electron chi connectivity index (χ0n) is 12.5. The van der Waals surface area contributed by atoms with Gasteiger partial charge in [0.25, 0.3) is 0 Å². The van der Waals surface area contributed by atoms with E-state index >= 15 is 0 Å². The van der Waals surface area contributed by atoms with Crippen molar-refractivity contribution in [3.8, 4) is 0 Å². The first-order valence-electron chi connectivity index (χ1n) is 7.21. The van der Waals surface area contributed by atoms with Crippen LogP contribution in [-0.2, 0) is 14.3 Å². The molecule has 0 aliphatic rings. The molecule has 0 aromatic rings. The van der Waals surface area contributed by atoms with Gasteiger partial charge >= 0.3 is 0 Å². The zero-order chi connectivity index (χ0) is 14.5. The normalized spacial score (nSPS) is 10.5. The zero-order valence-corrected chi connectivity index (χ0v) is 12.5. The van der Waals surface area contributed by atoms with E-state index in [1.807, 2.05) is 20.8 Å². The Morgan fingerprint density at radius 2 is 1.47 bits per heavy atom. The molecule has 0 bridgehead atoms. The summed E-state index contributed by atoms with van der Waals surface area (Å²) in [6.45, 7) is 7.25. The summed E-state index contributed by atoms with van der Waals surface area (Å²) in [5.41, 5.74) is 0. The summed E-state index contributed by atoms with van der Waals surface area (Å²) >= 11 is 0. The van der Waals surface area contributed by atoms with Crippen molar-refractivity contribution >= 4 is 11.8 Å². The number of hydrogen-bond acceptors (Lipinski definition) is 3. The van der Waals surface area contributed by atoms with Crippen molar-refractivity contribution in [1.82, 2.24) is 10.6 Å². The fourth-order valence-corrected chi connectivity index (χ4v) is 1.48. The highest BCUT2D eigenvalue weighted by Gasteiger charge is 2.02. The number of rotatable bonds is 11. The monoisotopic (exact) mass is 272 g/mol. The fourth-order valence-electron chi connectivity index (χ4n) is 1.48. The topological polar surface area (TPSA) is 67.4 Å². The molecule has 2 N–H and O–H groups in total. The standard InChI is InChI=1S/C14H28N2O3/c1-4-13(17)15-9-7-5-6-8-10-16-14(18)11-19-12(2)3/h12H,4-11H2,1-3H3,(H,15,17)(H,16,18). The largest absolute Gasteiger partial charge is 0.369 e. The summed E-state index contributed by atoms with van der Waals surface area (Å²) in [4.78, 5) is 22.3. The Morgan fingerprint density at radius 3 is 1.95 bits per heavy atom. The Morgan fingerprint density at radius 1 is 0.947 bits per heavy atom. The second-order valence-corrected chi connectivity index (χ2v) is 4.83. The van der Waals surface area contributed by atoms with E-state index in [0.717, 1.165) is 32.2 Å². The molecule has 0 radical (unpaired) electrons. The predicted molar refractivity (Wildman–Crippen MR) is 75.9 cm³/mol. The molecule has 112 valence electrons. The Labute approximate surface area is 116 Å². The maximum absolute atomic E-state index is 11.3. The van der Waals surface area contributed by atoms with E-state index in [9.17, 15) is 9.59 Å². The molecule has 0 saturated carbocycles. The average molecular weight is 272 g/mol. The summed E-state index contributed by atoms with van der Waals surface area (Å²) < 4.78 is 5.19. The Kier molecular flexibility index (Phi) is 11.3. The van der Waals surface area contributed by atoms with Gasteiger partial charge in [-0.3, -0.25) is 9.59 Å². The first-order valence-corrected chi connectivity index (χ1v) is 7.21. The molecule has 2 amide bonds. The minimum absolute atomic E-state index is 0.0519. The number of nitrogens with one attached hydrogen (secondary N) is 2. The molecule has 0 saturated heterocycles. The van der Waals surface area contributed by atoms with Crippen LogP contribution in [0.1, 0.15) is 52.9 Å². The van der Waals surface area contributed by atoms with E-state index in [1.165, 1.54) is 0 Å². The molecule has 0 fully saturated rings. The van der Waals surface area contributed by atoms with Crippen LogP contribution in [0.5, 0.6) is 0 Å². The van der Waals surface area contributed by atoms with Gasteiger partial charge in [0.1, 0.15) is 6.61 Å².